The lowest BCUT2D eigenvalue weighted by atomic mass is 10.1. The van der Waals surface area contributed by atoms with E-state index < -0.39 is 0 Å². The third-order valence-corrected chi connectivity index (χ3v) is 7.40. The highest BCUT2D eigenvalue weighted by Crippen LogP contribution is 2.27. The minimum atomic E-state index is -0.164. The van der Waals surface area contributed by atoms with Crippen LogP contribution >= 0.6 is 23.1 Å². The maximum atomic E-state index is 12.7. The Hall–Kier alpha value is -4.14. The second-order valence-corrected chi connectivity index (χ2v) is 10.1. The molecule has 2 amide bonds. The second kappa shape index (κ2) is 11.3. The first-order chi connectivity index (χ1) is 18.1. The summed E-state index contributed by atoms with van der Waals surface area (Å²) in [5.41, 5.74) is 3.06. The van der Waals surface area contributed by atoms with Gasteiger partial charge in [-0.25, -0.2) is 4.98 Å². The normalized spacial score (nSPS) is 10.7. The van der Waals surface area contributed by atoms with Crippen LogP contribution in [0.25, 0.3) is 22.0 Å². The zero-order valence-corrected chi connectivity index (χ0v) is 21.6. The molecule has 0 aliphatic carbocycles. The first kappa shape index (κ1) is 24.5. The molecule has 5 rings (SSSR count). The van der Waals surface area contributed by atoms with Crippen molar-refractivity contribution < 1.29 is 14.3 Å². The molecule has 0 radical (unpaired) electrons. The van der Waals surface area contributed by atoms with Crippen molar-refractivity contribution in [1.29, 1.82) is 0 Å². The van der Waals surface area contributed by atoms with E-state index in [2.05, 4.69) is 15.6 Å². The van der Waals surface area contributed by atoms with E-state index in [0.717, 1.165) is 32.7 Å². The molecule has 1 heterocycles. The number of ether oxygens (including phenoxy) is 1. The van der Waals surface area contributed by atoms with Gasteiger partial charge in [0.2, 0.25) is 5.91 Å². The van der Waals surface area contributed by atoms with Gasteiger partial charge in [0.15, 0.2) is 5.13 Å². The van der Waals surface area contributed by atoms with Crippen LogP contribution in [0, 0.1) is 0 Å². The molecule has 37 heavy (non-hydrogen) atoms. The summed E-state index contributed by atoms with van der Waals surface area (Å²) in [5.74, 6) is 0.738. The Labute approximate surface area is 222 Å². The fourth-order valence-corrected chi connectivity index (χ4v) is 5.13. The Morgan fingerprint density at radius 2 is 1.65 bits per heavy atom. The van der Waals surface area contributed by atoms with Crippen LogP contribution in [0.15, 0.2) is 101 Å². The highest BCUT2D eigenvalue weighted by Gasteiger charge is 2.10. The van der Waals surface area contributed by atoms with Crippen LogP contribution in [-0.4, -0.2) is 29.7 Å². The van der Waals surface area contributed by atoms with Gasteiger partial charge in [0.1, 0.15) is 5.75 Å². The molecule has 1 aromatic heterocycles. The van der Waals surface area contributed by atoms with Crippen molar-refractivity contribution >= 4 is 56.5 Å². The van der Waals surface area contributed by atoms with Gasteiger partial charge >= 0.3 is 0 Å². The number of benzene rings is 4. The van der Waals surface area contributed by atoms with Crippen LogP contribution in [0.1, 0.15) is 10.4 Å². The SMILES string of the molecule is COc1ccc(-c2csc(NC(=O)CSc3ccc(NC(=O)c4ccc5ccccc5c4)cc3)n2)cc1. The Bertz CT molecular complexity index is 1550. The van der Waals surface area contributed by atoms with Crippen molar-refractivity contribution in [3.8, 4) is 17.0 Å². The van der Waals surface area contributed by atoms with Gasteiger partial charge in [0, 0.05) is 27.1 Å². The van der Waals surface area contributed by atoms with E-state index >= 15 is 0 Å². The fraction of sp³-hybridized carbons (Fsp3) is 0.0690. The summed E-state index contributed by atoms with van der Waals surface area (Å²) in [6.45, 7) is 0. The third kappa shape index (κ3) is 6.17. The molecule has 0 fully saturated rings. The molecule has 0 spiro atoms. The highest BCUT2D eigenvalue weighted by molar-refractivity contribution is 8.00. The standard InChI is InChI=1S/C29H23N3O3S2/c1-35-24-12-8-20(9-13-24)26-17-37-29(31-26)32-27(33)18-36-25-14-10-23(11-15-25)30-28(34)22-7-6-19-4-2-3-5-21(19)16-22/h2-17H,18H2,1H3,(H,30,34)(H,31,32,33). The molecule has 0 aliphatic heterocycles. The molecule has 4 aromatic carbocycles. The lowest BCUT2D eigenvalue weighted by molar-refractivity contribution is -0.113. The number of rotatable bonds is 8. The monoisotopic (exact) mass is 525 g/mol. The first-order valence-corrected chi connectivity index (χ1v) is 13.4. The van der Waals surface area contributed by atoms with E-state index in [1.54, 1.807) is 7.11 Å². The van der Waals surface area contributed by atoms with Gasteiger partial charge in [0.05, 0.1) is 18.6 Å². The summed E-state index contributed by atoms with van der Waals surface area (Å²) in [6.07, 6.45) is 0. The number of hydrogen-bond donors (Lipinski definition) is 2. The lowest BCUT2D eigenvalue weighted by Crippen LogP contribution is -2.13. The minimum Gasteiger partial charge on any atom is -0.497 e. The number of carbonyl (C=O) groups is 2. The molecule has 0 atom stereocenters. The summed E-state index contributed by atoms with van der Waals surface area (Å²) >= 11 is 2.81. The van der Waals surface area contributed by atoms with Crippen LogP contribution in [0.2, 0.25) is 0 Å². The average molecular weight is 526 g/mol. The predicted octanol–water partition coefficient (Wildman–Crippen LogP) is 6.96. The van der Waals surface area contributed by atoms with E-state index in [1.807, 2.05) is 96.4 Å². The van der Waals surface area contributed by atoms with E-state index in [9.17, 15) is 9.59 Å². The molecule has 0 saturated heterocycles. The van der Waals surface area contributed by atoms with E-state index in [-0.39, 0.29) is 17.6 Å². The maximum absolute atomic E-state index is 12.7. The van der Waals surface area contributed by atoms with Gasteiger partial charge in [-0.2, -0.15) is 0 Å². The Morgan fingerprint density at radius 1 is 0.892 bits per heavy atom. The zero-order chi connectivity index (χ0) is 25.6. The quantitative estimate of drug-likeness (QED) is 0.214. The molecule has 6 nitrogen and oxygen atoms in total. The number of aromatic nitrogens is 1. The summed E-state index contributed by atoms with van der Waals surface area (Å²) in [7, 11) is 1.63. The first-order valence-electron chi connectivity index (χ1n) is 11.5. The molecule has 0 aliphatic rings. The number of anilines is 2. The lowest BCUT2D eigenvalue weighted by Gasteiger charge is -2.08. The van der Waals surface area contributed by atoms with E-state index in [1.165, 1.54) is 23.1 Å². The number of fused-ring (bicyclic) bond motifs is 1. The number of amides is 2. The van der Waals surface area contributed by atoms with Crippen LogP contribution in [0.3, 0.4) is 0 Å². The van der Waals surface area contributed by atoms with Crippen molar-refractivity contribution in [2.45, 2.75) is 4.90 Å². The molecule has 0 bridgehead atoms. The molecular weight excluding hydrogens is 502 g/mol. The molecule has 8 heteroatoms. The van der Waals surface area contributed by atoms with Crippen molar-refractivity contribution in [1.82, 2.24) is 4.98 Å². The zero-order valence-electron chi connectivity index (χ0n) is 19.9. The predicted molar refractivity (Wildman–Crippen MR) is 152 cm³/mol. The number of thioether (sulfide) groups is 1. The molecular formula is C29H23N3O3S2. The van der Waals surface area contributed by atoms with Crippen LogP contribution in [0.5, 0.6) is 5.75 Å². The second-order valence-electron chi connectivity index (χ2n) is 8.14. The average Bonchev–Trinajstić information content (AvgIpc) is 3.40. The summed E-state index contributed by atoms with van der Waals surface area (Å²) in [4.78, 5) is 30.5. The van der Waals surface area contributed by atoms with Gasteiger partial charge < -0.3 is 15.4 Å². The molecule has 2 N–H and O–H groups in total. The van der Waals surface area contributed by atoms with Crippen LogP contribution < -0.4 is 15.4 Å². The summed E-state index contributed by atoms with van der Waals surface area (Å²) in [5, 5.41) is 10.4. The largest absolute Gasteiger partial charge is 0.497 e. The maximum Gasteiger partial charge on any atom is 0.255 e. The van der Waals surface area contributed by atoms with E-state index in [0.29, 0.717) is 16.4 Å². The van der Waals surface area contributed by atoms with E-state index in [4.69, 9.17) is 4.74 Å². The number of thiazole rings is 1. The van der Waals surface area contributed by atoms with Gasteiger partial charge in [-0.15, -0.1) is 23.1 Å². The number of hydrogen-bond acceptors (Lipinski definition) is 6. The fourth-order valence-electron chi connectivity index (χ4n) is 3.70. The molecule has 5 aromatic rings. The smallest absolute Gasteiger partial charge is 0.255 e. The number of nitrogens with zero attached hydrogens (tertiary/aromatic N) is 1. The van der Waals surface area contributed by atoms with Crippen LogP contribution in [-0.2, 0) is 4.79 Å². The summed E-state index contributed by atoms with van der Waals surface area (Å²) in [6, 6.07) is 28.7. The van der Waals surface area contributed by atoms with Gasteiger partial charge in [0.25, 0.3) is 5.91 Å². The third-order valence-electron chi connectivity index (χ3n) is 5.63. The van der Waals surface area contributed by atoms with Gasteiger partial charge in [-0.3, -0.25) is 9.59 Å². The molecule has 0 unspecified atom stereocenters. The number of methoxy groups -OCH3 is 1. The van der Waals surface area contributed by atoms with Crippen molar-refractivity contribution in [2.75, 3.05) is 23.5 Å². The minimum absolute atomic E-state index is 0.130. The highest BCUT2D eigenvalue weighted by atomic mass is 32.2. The topological polar surface area (TPSA) is 80.3 Å². The summed E-state index contributed by atoms with van der Waals surface area (Å²) < 4.78 is 5.19. The van der Waals surface area contributed by atoms with Crippen molar-refractivity contribution in [3.05, 3.63) is 102 Å². The Morgan fingerprint density at radius 3 is 2.41 bits per heavy atom. The van der Waals surface area contributed by atoms with Gasteiger partial charge in [-0.1, -0.05) is 30.3 Å². The number of carbonyl (C=O) groups excluding carboxylic acids is 2. The Kier molecular flexibility index (Phi) is 7.49. The van der Waals surface area contributed by atoms with Crippen molar-refractivity contribution in [2.24, 2.45) is 0 Å². The van der Waals surface area contributed by atoms with Crippen molar-refractivity contribution in [3.63, 3.8) is 0 Å². The number of nitrogens with one attached hydrogen (secondary N) is 2. The Balaban J connectivity index is 1.12. The van der Waals surface area contributed by atoms with Crippen LogP contribution in [0.4, 0.5) is 10.8 Å². The van der Waals surface area contributed by atoms with Gasteiger partial charge in [-0.05, 0) is 71.4 Å². The molecule has 184 valence electrons. The molecule has 0 saturated carbocycles.